The summed E-state index contributed by atoms with van der Waals surface area (Å²) in [6, 6.07) is 10.2. The molecule has 1 unspecified atom stereocenters. The average molecular weight is 418 g/mol. The predicted molar refractivity (Wildman–Crippen MR) is 117 cm³/mol. The monoisotopic (exact) mass is 417 g/mol. The lowest BCUT2D eigenvalue weighted by atomic mass is 10.1. The lowest BCUT2D eigenvalue weighted by Crippen LogP contribution is -2.15. The van der Waals surface area contributed by atoms with Crippen LogP contribution in [-0.2, 0) is 7.05 Å². The Morgan fingerprint density at radius 3 is 2.52 bits per heavy atom. The average Bonchev–Trinajstić information content (AvgIpc) is 3.34. The molecule has 3 aromatic heterocycles. The number of aryl methyl sites for hydroxylation is 3. The van der Waals surface area contributed by atoms with E-state index in [-0.39, 0.29) is 5.92 Å². The van der Waals surface area contributed by atoms with Crippen molar-refractivity contribution in [2.45, 2.75) is 52.1 Å². The molecule has 3 heterocycles. The number of benzene rings is 1. The van der Waals surface area contributed by atoms with Crippen molar-refractivity contribution in [2.24, 2.45) is 13.0 Å². The maximum atomic E-state index is 10.6. The number of nitrogens with zero attached hydrogens (tertiary/aromatic N) is 7. The molecule has 1 saturated carbocycles. The minimum atomic E-state index is -0.714. The first-order valence-electron chi connectivity index (χ1n) is 10.7. The molecule has 31 heavy (non-hydrogen) atoms. The van der Waals surface area contributed by atoms with Crippen LogP contribution in [0.3, 0.4) is 0 Å². The number of fused-ring (bicyclic) bond motifs is 1. The van der Waals surface area contributed by atoms with Gasteiger partial charge in [-0.05, 0) is 38.3 Å². The fourth-order valence-corrected chi connectivity index (χ4v) is 4.27. The van der Waals surface area contributed by atoms with Crippen molar-refractivity contribution in [3.05, 3.63) is 59.3 Å². The van der Waals surface area contributed by atoms with Crippen LogP contribution in [0.25, 0.3) is 16.9 Å². The fraction of sp³-hybridized carbons (Fsp3) is 0.435. The van der Waals surface area contributed by atoms with E-state index in [1.165, 1.54) is 0 Å². The van der Waals surface area contributed by atoms with Gasteiger partial charge in [-0.15, -0.1) is 5.10 Å². The van der Waals surface area contributed by atoms with Gasteiger partial charge in [-0.2, -0.15) is 4.68 Å². The fourth-order valence-electron chi connectivity index (χ4n) is 4.27. The number of aromatic nitrogens is 7. The standard InChI is InChI=1S/C23H27N7O/c1-12(2)21(31)23-26-14(4)28-30(23)20-11-18(24-13(3)25-20)15-10-16(15)22-27-17-8-6-7-9-19(17)29(22)5/h6-9,11-12,15-16,21,31H,10H2,1-5H3/t15-,16-,21?/m1/s1. The van der Waals surface area contributed by atoms with Crippen LogP contribution in [0.15, 0.2) is 30.3 Å². The van der Waals surface area contributed by atoms with Gasteiger partial charge in [0, 0.05) is 24.9 Å². The van der Waals surface area contributed by atoms with Crippen LogP contribution in [0.2, 0.25) is 0 Å². The largest absolute Gasteiger partial charge is 0.385 e. The Hall–Kier alpha value is -3.13. The minimum absolute atomic E-state index is 0.0233. The van der Waals surface area contributed by atoms with E-state index >= 15 is 0 Å². The maximum absolute atomic E-state index is 10.6. The number of imidazole rings is 1. The van der Waals surface area contributed by atoms with Gasteiger partial charge in [0.05, 0.1) is 16.7 Å². The van der Waals surface area contributed by atoms with Crippen LogP contribution >= 0.6 is 0 Å². The van der Waals surface area contributed by atoms with Crippen molar-refractivity contribution in [1.29, 1.82) is 0 Å². The molecule has 0 spiro atoms. The second-order valence-corrected chi connectivity index (χ2v) is 8.78. The topological polar surface area (TPSA) is 94.5 Å². The molecule has 4 aromatic rings. The smallest absolute Gasteiger partial charge is 0.163 e. The molecule has 1 aromatic carbocycles. The number of rotatable bonds is 5. The second-order valence-electron chi connectivity index (χ2n) is 8.78. The van der Waals surface area contributed by atoms with Gasteiger partial charge in [0.2, 0.25) is 0 Å². The van der Waals surface area contributed by atoms with Gasteiger partial charge in [0.1, 0.15) is 23.6 Å². The quantitative estimate of drug-likeness (QED) is 0.534. The Kier molecular flexibility index (Phi) is 4.62. The van der Waals surface area contributed by atoms with E-state index in [0.29, 0.717) is 35.1 Å². The van der Waals surface area contributed by atoms with Gasteiger partial charge in [-0.1, -0.05) is 26.0 Å². The molecule has 3 atom stereocenters. The summed E-state index contributed by atoms with van der Waals surface area (Å²) in [5.74, 6) is 4.19. The molecule has 160 valence electrons. The van der Waals surface area contributed by atoms with E-state index in [4.69, 9.17) is 9.97 Å². The maximum Gasteiger partial charge on any atom is 0.163 e. The summed E-state index contributed by atoms with van der Waals surface area (Å²) < 4.78 is 3.84. The molecule has 1 aliphatic carbocycles. The van der Waals surface area contributed by atoms with E-state index in [9.17, 15) is 5.11 Å². The lowest BCUT2D eigenvalue weighted by Gasteiger charge is -2.15. The zero-order valence-electron chi connectivity index (χ0n) is 18.5. The van der Waals surface area contributed by atoms with Gasteiger partial charge in [0.15, 0.2) is 11.6 Å². The highest BCUT2D eigenvalue weighted by Crippen LogP contribution is 2.54. The Bertz CT molecular complexity index is 1270. The van der Waals surface area contributed by atoms with Gasteiger partial charge in [-0.25, -0.2) is 19.9 Å². The summed E-state index contributed by atoms with van der Waals surface area (Å²) in [6.07, 6.45) is 0.291. The van der Waals surface area contributed by atoms with Crippen LogP contribution in [0.5, 0.6) is 0 Å². The first-order valence-corrected chi connectivity index (χ1v) is 10.7. The first-order chi connectivity index (χ1) is 14.8. The van der Waals surface area contributed by atoms with E-state index in [0.717, 1.165) is 29.0 Å². The van der Waals surface area contributed by atoms with E-state index in [1.54, 1.807) is 4.68 Å². The Labute approximate surface area is 181 Å². The number of aliphatic hydroxyl groups excluding tert-OH is 1. The third kappa shape index (κ3) is 3.40. The van der Waals surface area contributed by atoms with Gasteiger partial charge >= 0.3 is 0 Å². The first kappa shape index (κ1) is 19.8. The van der Waals surface area contributed by atoms with Crippen LogP contribution in [-0.4, -0.2) is 39.4 Å². The molecule has 0 amide bonds. The molecule has 1 fully saturated rings. The summed E-state index contributed by atoms with van der Waals surface area (Å²) >= 11 is 0. The molecule has 0 saturated heterocycles. The zero-order valence-corrected chi connectivity index (χ0v) is 18.5. The number of aliphatic hydroxyl groups is 1. The minimum Gasteiger partial charge on any atom is -0.385 e. The molecule has 0 radical (unpaired) electrons. The van der Waals surface area contributed by atoms with Crippen molar-refractivity contribution in [1.82, 2.24) is 34.3 Å². The lowest BCUT2D eigenvalue weighted by molar-refractivity contribution is 0.115. The molecule has 8 heteroatoms. The zero-order chi connectivity index (χ0) is 21.9. The van der Waals surface area contributed by atoms with Crippen LogP contribution in [0, 0.1) is 19.8 Å². The molecule has 5 rings (SSSR count). The third-order valence-corrected chi connectivity index (χ3v) is 6.02. The SMILES string of the molecule is Cc1nc([C@@H]2C[C@H]2c2nc3ccccc3n2C)cc(-n2nc(C)nc2C(O)C(C)C)n1. The normalized spacial score (nSPS) is 19.3. The molecular formula is C23H27N7O. The van der Waals surface area contributed by atoms with Gasteiger partial charge in [-0.3, -0.25) is 0 Å². The summed E-state index contributed by atoms with van der Waals surface area (Å²) in [6.45, 7) is 7.63. The van der Waals surface area contributed by atoms with Gasteiger partial charge in [0.25, 0.3) is 0 Å². The Balaban J connectivity index is 1.50. The van der Waals surface area contributed by atoms with Crippen LogP contribution < -0.4 is 0 Å². The van der Waals surface area contributed by atoms with E-state index in [2.05, 4.69) is 38.8 Å². The molecule has 0 aliphatic heterocycles. The van der Waals surface area contributed by atoms with Crippen molar-refractivity contribution >= 4 is 11.0 Å². The van der Waals surface area contributed by atoms with Crippen molar-refractivity contribution < 1.29 is 5.11 Å². The van der Waals surface area contributed by atoms with E-state index < -0.39 is 6.10 Å². The Morgan fingerprint density at radius 1 is 1.00 bits per heavy atom. The highest BCUT2D eigenvalue weighted by atomic mass is 16.3. The third-order valence-electron chi connectivity index (χ3n) is 6.02. The summed E-state index contributed by atoms with van der Waals surface area (Å²) in [7, 11) is 2.08. The molecular weight excluding hydrogens is 390 g/mol. The highest BCUT2D eigenvalue weighted by molar-refractivity contribution is 5.76. The molecule has 1 N–H and O–H groups in total. The van der Waals surface area contributed by atoms with Crippen LogP contribution in [0.4, 0.5) is 0 Å². The second kappa shape index (κ2) is 7.23. The number of hydrogen-bond acceptors (Lipinski definition) is 6. The summed E-state index contributed by atoms with van der Waals surface area (Å²) in [5.41, 5.74) is 3.15. The summed E-state index contributed by atoms with van der Waals surface area (Å²) in [4.78, 5) is 18.6. The summed E-state index contributed by atoms with van der Waals surface area (Å²) in [5, 5.41) is 15.1. The van der Waals surface area contributed by atoms with Crippen molar-refractivity contribution in [3.8, 4) is 5.82 Å². The Morgan fingerprint density at radius 2 is 1.77 bits per heavy atom. The van der Waals surface area contributed by atoms with Crippen molar-refractivity contribution in [3.63, 3.8) is 0 Å². The molecule has 0 bridgehead atoms. The van der Waals surface area contributed by atoms with Crippen LogP contribution in [0.1, 0.15) is 67.2 Å². The van der Waals surface area contributed by atoms with E-state index in [1.807, 2.05) is 45.9 Å². The van der Waals surface area contributed by atoms with Gasteiger partial charge < -0.3 is 9.67 Å². The number of hydrogen-bond donors (Lipinski definition) is 1. The molecule has 1 aliphatic rings. The molecule has 8 nitrogen and oxygen atoms in total. The highest BCUT2D eigenvalue weighted by Gasteiger charge is 2.44. The number of para-hydroxylation sites is 2. The predicted octanol–water partition coefficient (Wildman–Crippen LogP) is 3.52. The van der Waals surface area contributed by atoms with Crippen molar-refractivity contribution in [2.75, 3.05) is 0 Å².